The highest BCUT2D eigenvalue weighted by molar-refractivity contribution is 5.80. The lowest BCUT2D eigenvalue weighted by Gasteiger charge is -2.32. The number of likely N-dealkylation sites (N-methyl/N-ethyl adjacent to an activating group) is 1. The summed E-state index contributed by atoms with van der Waals surface area (Å²) in [7, 11) is 2.20. The maximum atomic E-state index is 5.58. The van der Waals surface area contributed by atoms with Gasteiger partial charge in [0.15, 0.2) is 0 Å². The van der Waals surface area contributed by atoms with E-state index in [1.54, 1.807) is 0 Å². The Balaban J connectivity index is 1.63. The van der Waals surface area contributed by atoms with Gasteiger partial charge in [-0.25, -0.2) is 0 Å². The van der Waals surface area contributed by atoms with E-state index < -0.39 is 0 Å². The Morgan fingerprint density at radius 2 is 1.89 bits per heavy atom. The van der Waals surface area contributed by atoms with E-state index in [9.17, 15) is 0 Å². The van der Waals surface area contributed by atoms with Crippen LogP contribution in [0.15, 0.2) is 34.9 Å². The number of hydrogen-bond acceptors (Lipinski definition) is 3. The van der Waals surface area contributed by atoms with E-state index in [-0.39, 0.29) is 0 Å². The third-order valence-electron chi connectivity index (χ3n) is 3.85. The van der Waals surface area contributed by atoms with Crippen molar-refractivity contribution in [1.29, 1.82) is 0 Å². The molecule has 0 atom stereocenters. The van der Waals surface area contributed by atoms with Crippen LogP contribution >= 0.6 is 0 Å². The highest BCUT2D eigenvalue weighted by Gasteiger charge is 2.14. The summed E-state index contributed by atoms with van der Waals surface area (Å²) in [5, 5.41) is 1.27. The standard InChI is InChI=1S/C15H20N2O/c1-16-8-10-17(11-9-16)7-6-13-12-18-15-5-3-2-4-14(13)15/h2-5,12H,6-11H2,1H3. The first kappa shape index (κ1) is 11.8. The lowest BCUT2D eigenvalue weighted by atomic mass is 10.1. The Hall–Kier alpha value is -1.32. The average Bonchev–Trinajstić information content (AvgIpc) is 2.82. The largest absolute Gasteiger partial charge is 0.464 e. The molecule has 18 heavy (non-hydrogen) atoms. The molecule has 0 aliphatic carbocycles. The molecule has 0 amide bonds. The maximum Gasteiger partial charge on any atom is 0.134 e. The quantitative estimate of drug-likeness (QED) is 0.825. The van der Waals surface area contributed by atoms with Gasteiger partial charge in [0.2, 0.25) is 0 Å². The molecule has 3 nitrogen and oxygen atoms in total. The van der Waals surface area contributed by atoms with Crippen LogP contribution in [-0.4, -0.2) is 49.6 Å². The summed E-state index contributed by atoms with van der Waals surface area (Å²) in [5.41, 5.74) is 2.34. The predicted molar refractivity (Wildman–Crippen MR) is 73.9 cm³/mol. The normalized spacial score (nSPS) is 18.5. The van der Waals surface area contributed by atoms with Crippen LogP contribution in [0, 0.1) is 0 Å². The first-order valence-corrected chi connectivity index (χ1v) is 6.69. The molecule has 1 fully saturated rings. The van der Waals surface area contributed by atoms with Crippen LogP contribution in [0.4, 0.5) is 0 Å². The third kappa shape index (κ3) is 2.42. The summed E-state index contributed by atoms with van der Waals surface area (Å²) in [6, 6.07) is 8.29. The molecule has 0 radical (unpaired) electrons. The summed E-state index contributed by atoms with van der Waals surface area (Å²) >= 11 is 0. The van der Waals surface area contributed by atoms with Crippen LogP contribution in [-0.2, 0) is 6.42 Å². The first-order chi connectivity index (χ1) is 8.83. The molecule has 1 aliphatic heterocycles. The lowest BCUT2D eigenvalue weighted by molar-refractivity contribution is 0.155. The minimum absolute atomic E-state index is 1.01. The van der Waals surface area contributed by atoms with Crippen molar-refractivity contribution in [3.8, 4) is 0 Å². The van der Waals surface area contributed by atoms with Crippen molar-refractivity contribution in [2.24, 2.45) is 0 Å². The topological polar surface area (TPSA) is 19.6 Å². The van der Waals surface area contributed by atoms with Crippen LogP contribution in [0.3, 0.4) is 0 Å². The number of fused-ring (bicyclic) bond motifs is 1. The summed E-state index contributed by atoms with van der Waals surface area (Å²) in [4.78, 5) is 4.94. The van der Waals surface area contributed by atoms with Gasteiger partial charge >= 0.3 is 0 Å². The maximum absolute atomic E-state index is 5.58. The average molecular weight is 244 g/mol. The van der Waals surface area contributed by atoms with Crippen molar-refractivity contribution in [2.75, 3.05) is 39.8 Å². The van der Waals surface area contributed by atoms with Gasteiger partial charge in [-0.05, 0) is 25.1 Å². The Morgan fingerprint density at radius 1 is 1.11 bits per heavy atom. The number of benzene rings is 1. The van der Waals surface area contributed by atoms with Gasteiger partial charge in [-0.1, -0.05) is 18.2 Å². The smallest absolute Gasteiger partial charge is 0.134 e. The van der Waals surface area contributed by atoms with Crippen molar-refractivity contribution in [2.45, 2.75) is 6.42 Å². The molecule has 1 saturated heterocycles. The van der Waals surface area contributed by atoms with Crippen LogP contribution in [0.25, 0.3) is 11.0 Å². The van der Waals surface area contributed by atoms with Gasteiger partial charge in [-0.3, -0.25) is 0 Å². The first-order valence-electron chi connectivity index (χ1n) is 6.69. The molecule has 0 bridgehead atoms. The molecule has 96 valence electrons. The predicted octanol–water partition coefficient (Wildman–Crippen LogP) is 2.22. The molecule has 3 heteroatoms. The minimum Gasteiger partial charge on any atom is -0.464 e. The molecule has 0 N–H and O–H groups in total. The minimum atomic E-state index is 1.01. The van der Waals surface area contributed by atoms with Gasteiger partial charge in [-0.2, -0.15) is 0 Å². The van der Waals surface area contributed by atoms with E-state index in [1.165, 1.54) is 37.1 Å². The van der Waals surface area contributed by atoms with Gasteiger partial charge in [0.25, 0.3) is 0 Å². The monoisotopic (exact) mass is 244 g/mol. The Bertz CT molecular complexity index is 512. The zero-order valence-corrected chi connectivity index (χ0v) is 10.9. The lowest BCUT2D eigenvalue weighted by Crippen LogP contribution is -2.45. The van der Waals surface area contributed by atoms with Crippen LogP contribution in [0.2, 0.25) is 0 Å². The Labute approximate surface area is 108 Å². The van der Waals surface area contributed by atoms with Crippen molar-refractivity contribution in [1.82, 2.24) is 9.80 Å². The molecule has 0 spiro atoms. The van der Waals surface area contributed by atoms with Gasteiger partial charge in [0.05, 0.1) is 6.26 Å². The van der Waals surface area contributed by atoms with Gasteiger partial charge < -0.3 is 14.2 Å². The van der Waals surface area contributed by atoms with E-state index >= 15 is 0 Å². The number of piperazine rings is 1. The molecule has 1 aliphatic rings. The molecule has 2 aromatic rings. The SMILES string of the molecule is CN1CCN(CCc2coc3ccccc23)CC1. The summed E-state index contributed by atoms with van der Waals surface area (Å²) < 4.78 is 5.58. The Kier molecular flexibility index (Phi) is 3.35. The fourth-order valence-corrected chi connectivity index (χ4v) is 2.58. The second-order valence-corrected chi connectivity index (χ2v) is 5.15. The van der Waals surface area contributed by atoms with E-state index in [0.717, 1.165) is 18.5 Å². The molecular formula is C15H20N2O. The number of rotatable bonds is 3. The highest BCUT2D eigenvalue weighted by atomic mass is 16.3. The molecule has 1 aromatic carbocycles. The van der Waals surface area contributed by atoms with E-state index in [1.807, 2.05) is 18.4 Å². The van der Waals surface area contributed by atoms with Crippen molar-refractivity contribution >= 4 is 11.0 Å². The van der Waals surface area contributed by atoms with Gasteiger partial charge in [-0.15, -0.1) is 0 Å². The number of para-hydroxylation sites is 1. The van der Waals surface area contributed by atoms with Crippen molar-refractivity contribution < 1.29 is 4.42 Å². The van der Waals surface area contributed by atoms with E-state index in [2.05, 4.69) is 29.0 Å². The second kappa shape index (κ2) is 5.12. The highest BCUT2D eigenvalue weighted by Crippen LogP contribution is 2.21. The van der Waals surface area contributed by atoms with E-state index in [4.69, 9.17) is 4.42 Å². The van der Waals surface area contributed by atoms with Crippen LogP contribution in [0.1, 0.15) is 5.56 Å². The zero-order valence-electron chi connectivity index (χ0n) is 10.9. The molecule has 2 heterocycles. The fraction of sp³-hybridized carbons (Fsp3) is 0.467. The Morgan fingerprint density at radius 3 is 2.72 bits per heavy atom. The molecule has 0 saturated carbocycles. The molecule has 0 unspecified atom stereocenters. The number of hydrogen-bond donors (Lipinski definition) is 0. The molecule has 1 aromatic heterocycles. The van der Waals surface area contributed by atoms with E-state index in [0.29, 0.717) is 0 Å². The second-order valence-electron chi connectivity index (χ2n) is 5.15. The number of furan rings is 1. The summed E-state index contributed by atoms with van der Waals surface area (Å²) in [5.74, 6) is 0. The molecule has 3 rings (SSSR count). The van der Waals surface area contributed by atoms with Crippen LogP contribution < -0.4 is 0 Å². The van der Waals surface area contributed by atoms with Crippen LogP contribution in [0.5, 0.6) is 0 Å². The third-order valence-corrected chi connectivity index (χ3v) is 3.85. The summed E-state index contributed by atoms with van der Waals surface area (Å²) in [6.07, 6.45) is 3.00. The zero-order chi connectivity index (χ0) is 12.4. The van der Waals surface area contributed by atoms with Gasteiger partial charge in [0, 0.05) is 38.1 Å². The van der Waals surface area contributed by atoms with Crippen molar-refractivity contribution in [3.05, 3.63) is 36.1 Å². The van der Waals surface area contributed by atoms with Gasteiger partial charge in [0.1, 0.15) is 5.58 Å². The molecular weight excluding hydrogens is 224 g/mol. The fourth-order valence-electron chi connectivity index (χ4n) is 2.58. The van der Waals surface area contributed by atoms with Crippen molar-refractivity contribution in [3.63, 3.8) is 0 Å². The number of nitrogens with zero attached hydrogens (tertiary/aromatic N) is 2. The summed E-state index contributed by atoms with van der Waals surface area (Å²) in [6.45, 7) is 5.88.